The number of esters is 1. The molecular weight excluding hydrogens is 280 g/mol. The van der Waals surface area contributed by atoms with E-state index in [1.807, 2.05) is 16.8 Å². The lowest BCUT2D eigenvalue weighted by atomic mass is 10.2. The zero-order valence-electron chi connectivity index (χ0n) is 11.5. The smallest absolute Gasteiger partial charge is 0.306 e. The number of thiophene rings is 1. The van der Waals surface area contributed by atoms with Crippen LogP contribution in [0.25, 0.3) is 0 Å². The predicted molar refractivity (Wildman–Crippen MR) is 75.3 cm³/mol. The van der Waals surface area contributed by atoms with Crippen LogP contribution in [-0.2, 0) is 25.5 Å². The van der Waals surface area contributed by atoms with Crippen LogP contribution in [0.5, 0.6) is 0 Å². The number of carbonyl (C=O) groups is 3. The molecule has 0 atom stereocenters. The minimum absolute atomic E-state index is 0.0989. The summed E-state index contributed by atoms with van der Waals surface area (Å²) in [6, 6.07) is 1.94. The molecule has 1 N–H and O–H groups in total. The molecule has 0 aliphatic rings. The van der Waals surface area contributed by atoms with Crippen molar-refractivity contribution in [3.05, 3.63) is 22.4 Å². The second kappa shape index (κ2) is 8.31. The second-order valence-electron chi connectivity index (χ2n) is 4.36. The maximum atomic E-state index is 11.4. The van der Waals surface area contributed by atoms with E-state index in [0.717, 1.165) is 5.56 Å². The quantitative estimate of drug-likeness (QED) is 0.741. The summed E-state index contributed by atoms with van der Waals surface area (Å²) in [7, 11) is 3.19. The van der Waals surface area contributed by atoms with Gasteiger partial charge < -0.3 is 15.0 Å². The Hall–Kier alpha value is -1.89. The van der Waals surface area contributed by atoms with Crippen LogP contribution < -0.4 is 5.32 Å². The lowest BCUT2D eigenvalue weighted by molar-refractivity contribution is -0.148. The largest absolute Gasteiger partial charge is 0.456 e. The van der Waals surface area contributed by atoms with Crippen molar-refractivity contribution in [3.8, 4) is 0 Å². The maximum Gasteiger partial charge on any atom is 0.306 e. The molecule has 0 aliphatic carbocycles. The van der Waals surface area contributed by atoms with Gasteiger partial charge in [-0.05, 0) is 28.8 Å². The number of hydrogen-bond acceptors (Lipinski definition) is 5. The summed E-state index contributed by atoms with van der Waals surface area (Å²) in [5.74, 6) is -1.13. The van der Waals surface area contributed by atoms with Crippen molar-refractivity contribution in [3.63, 3.8) is 0 Å². The maximum absolute atomic E-state index is 11.4. The zero-order valence-corrected chi connectivity index (χ0v) is 12.4. The first kappa shape index (κ1) is 16.2. The number of likely N-dealkylation sites (N-methyl/N-ethyl adjacent to an activating group) is 1. The first-order valence-corrected chi connectivity index (χ1v) is 7.07. The summed E-state index contributed by atoms with van der Waals surface area (Å²) >= 11 is 1.57. The Kier molecular flexibility index (Phi) is 6.72. The highest BCUT2D eigenvalue weighted by Gasteiger charge is 2.10. The molecule has 1 rings (SSSR count). The molecule has 1 aromatic rings. The number of ether oxygens (including phenoxy) is 1. The van der Waals surface area contributed by atoms with E-state index in [2.05, 4.69) is 5.32 Å². The van der Waals surface area contributed by atoms with Gasteiger partial charge in [-0.2, -0.15) is 11.3 Å². The monoisotopic (exact) mass is 298 g/mol. The molecule has 6 nitrogen and oxygen atoms in total. The number of carbonyl (C=O) groups excluding carboxylic acids is 3. The van der Waals surface area contributed by atoms with E-state index in [1.54, 1.807) is 25.4 Å². The Balaban J connectivity index is 2.14. The van der Waals surface area contributed by atoms with Crippen molar-refractivity contribution in [2.75, 3.05) is 27.2 Å². The molecule has 0 saturated carbocycles. The van der Waals surface area contributed by atoms with Gasteiger partial charge in [0.15, 0.2) is 6.61 Å². The summed E-state index contributed by atoms with van der Waals surface area (Å²) in [4.78, 5) is 35.4. The first-order valence-electron chi connectivity index (χ1n) is 6.12. The van der Waals surface area contributed by atoms with Crippen molar-refractivity contribution in [1.82, 2.24) is 10.2 Å². The second-order valence-corrected chi connectivity index (χ2v) is 5.14. The van der Waals surface area contributed by atoms with Gasteiger partial charge >= 0.3 is 5.97 Å². The molecular formula is C13H18N2O4S. The van der Waals surface area contributed by atoms with E-state index in [9.17, 15) is 14.4 Å². The van der Waals surface area contributed by atoms with E-state index in [1.165, 1.54) is 4.90 Å². The normalized spacial score (nSPS) is 9.90. The van der Waals surface area contributed by atoms with E-state index < -0.39 is 11.9 Å². The molecule has 0 fully saturated rings. The highest BCUT2D eigenvalue weighted by Crippen LogP contribution is 2.08. The Bertz CT molecular complexity index is 457. The number of rotatable bonds is 7. The topological polar surface area (TPSA) is 75.7 Å². The van der Waals surface area contributed by atoms with Crippen LogP contribution in [0.3, 0.4) is 0 Å². The average Bonchev–Trinajstić information content (AvgIpc) is 2.93. The average molecular weight is 298 g/mol. The summed E-state index contributed by atoms with van der Waals surface area (Å²) in [6.07, 6.45) is 0.837. The minimum atomic E-state index is -0.482. The van der Waals surface area contributed by atoms with Gasteiger partial charge in [0.05, 0.1) is 6.54 Å². The molecule has 110 valence electrons. The van der Waals surface area contributed by atoms with Gasteiger partial charge in [-0.15, -0.1) is 0 Å². The van der Waals surface area contributed by atoms with E-state index in [4.69, 9.17) is 4.74 Å². The van der Waals surface area contributed by atoms with Crippen LogP contribution >= 0.6 is 11.3 Å². The van der Waals surface area contributed by atoms with Crippen molar-refractivity contribution in [2.45, 2.75) is 12.8 Å². The van der Waals surface area contributed by atoms with Crippen molar-refractivity contribution < 1.29 is 19.1 Å². The molecule has 1 heterocycles. The highest BCUT2D eigenvalue weighted by atomic mass is 32.1. The molecule has 0 aromatic carbocycles. The van der Waals surface area contributed by atoms with Gasteiger partial charge in [-0.1, -0.05) is 0 Å². The van der Waals surface area contributed by atoms with Crippen LogP contribution in [0.4, 0.5) is 0 Å². The molecule has 20 heavy (non-hydrogen) atoms. The van der Waals surface area contributed by atoms with Gasteiger partial charge in [-0.25, -0.2) is 0 Å². The number of amides is 2. The molecule has 2 amide bonds. The van der Waals surface area contributed by atoms with E-state index in [-0.39, 0.29) is 25.5 Å². The van der Waals surface area contributed by atoms with Crippen LogP contribution in [-0.4, -0.2) is 49.9 Å². The lowest BCUT2D eigenvalue weighted by Gasteiger charge is -2.11. The van der Waals surface area contributed by atoms with Crippen LogP contribution in [0, 0.1) is 0 Å². The number of hydrogen-bond donors (Lipinski definition) is 1. The summed E-state index contributed by atoms with van der Waals surface area (Å²) in [5.41, 5.74) is 1.08. The fourth-order valence-electron chi connectivity index (χ4n) is 1.28. The lowest BCUT2D eigenvalue weighted by Crippen LogP contribution is -2.38. The number of nitrogens with one attached hydrogen (secondary N) is 1. The Morgan fingerprint density at radius 1 is 1.35 bits per heavy atom. The Morgan fingerprint density at radius 2 is 2.10 bits per heavy atom. The number of aryl methyl sites for hydroxylation is 1. The van der Waals surface area contributed by atoms with Gasteiger partial charge in [0.1, 0.15) is 0 Å². The summed E-state index contributed by atoms with van der Waals surface area (Å²) in [6.45, 7) is -0.457. The van der Waals surface area contributed by atoms with Gasteiger partial charge in [0.25, 0.3) is 5.91 Å². The van der Waals surface area contributed by atoms with Crippen molar-refractivity contribution in [1.29, 1.82) is 0 Å². The molecule has 0 saturated heterocycles. The third-order valence-electron chi connectivity index (χ3n) is 2.50. The fraction of sp³-hybridized carbons (Fsp3) is 0.462. The van der Waals surface area contributed by atoms with Gasteiger partial charge in [0, 0.05) is 20.5 Å². The molecule has 0 bridgehead atoms. The highest BCUT2D eigenvalue weighted by molar-refractivity contribution is 7.07. The SMILES string of the molecule is CN(C)C(=O)CNC(=O)COC(=O)CCc1ccsc1. The van der Waals surface area contributed by atoms with Crippen LogP contribution in [0.15, 0.2) is 16.8 Å². The molecule has 1 aromatic heterocycles. The number of nitrogens with zero attached hydrogens (tertiary/aromatic N) is 1. The minimum Gasteiger partial charge on any atom is -0.456 e. The standard InChI is InChI=1S/C13H18N2O4S/c1-15(2)12(17)7-14-11(16)8-19-13(18)4-3-10-5-6-20-9-10/h5-6,9H,3-4,7-8H2,1-2H3,(H,14,16). The van der Waals surface area contributed by atoms with Gasteiger partial charge in [0.2, 0.25) is 5.91 Å². The van der Waals surface area contributed by atoms with Crippen molar-refractivity contribution >= 4 is 29.1 Å². The third-order valence-corrected chi connectivity index (χ3v) is 3.23. The fourth-order valence-corrected chi connectivity index (χ4v) is 1.99. The van der Waals surface area contributed by atoms with Crippen LogP contribution in [0.1, 0.15) is 12.0 Å². The van der Waals surface area contributed by atoms with E-state index in [0.29, 0.717) is 6.42 Å². The van der Waals surface area contributed by atoms with Crippen LogP contribution in [0.2, 0.25) is 0 Å². The molecule has 0 radical (unpaired) electrons. The van der Waals surface area contributed by atoms with Gasteiger partial charge in [-0.3, -0.25) is 14.4 Å². The Labute approximate surface area is 121 Å². The molecule has 0 unspecified atom stereocenters. The third kappa shape index (κ3) is 6.33. The van der Waals surface area contributed by atoms with E-state index >= 15 is 0 Å². The molecule has 0 aliphatic heterocycles. The zero-order chi connectivity index (χ0) is 15.0. The van der Waals surface area contributed by atoms with Crippen molar-refractivity contribution in [2.24, 2.45) is 0 Å². The molecule has 0 spiro atoms. The summed E-state index contributed by atoms with van der Waals surface area (Å²) in [5, 5.41) is 6.29. The molecule has 7 heteroatoms. The first-order chi connectivity index (χ1) is 9.49. The Morgan fingerprint density at radius 3 is 2.70 bits per heavy atom. The summed E-state index contributed by atoms with van der Waals surface area (Å²) < 4.78 is 4.82. The predicted octanol–water partition coefficient (Wildman–Crippen LogP) is 0.428.